The predicted molar refractivity (Wildman–Crippen MR) is 93.6 cm³/mol. The monoisotopic (exact) mass is 346 g/mol. The Kier molecular flexibility index (Phi) is 5.91. The molecule has 0 bridgehead atoms. The number of para-hydroxylation sites is 1. The second-order valence-corrected chi connectivity index (χ2v) is 6.69. The van der Waals surface area contributed by atoms with Crippen LogP contribution in [-0.2, 0) is 9.53 Å². The molecule has 2 fully saturated rings. The molecule has 0 aromatic heterocycles. The number of morpholine rings is 1. The highest BCUT2D eigenvalue weighted by Gasteiger charge is 2.24. The average molecular weight is 346 g/mol. The lowest BCUT2D eigenvalue weighted by Gasteiger charge is -2.32. The van der Waals surface area contributed by atoms with Gasteiger partial charge in [0.15, 0.2) is 0 Å². The van der Waals surface area contributed by atoms with Crippen molar-refractivity contribution in [3.8, 4) is 5.75 Å². The van der Waals surface area contributed by atoms with E-state index in [9.17, 15) is 9.59 Å². The molecule has 0 aliphatic carbocycles. The van der Waals surface area contributed by atoms with Gasteiger partial charge in [-0.2, -0.15) is 0 Å². The van der Waals surface area contributed by atoms with Gasteiger partial charge in [0, 0.05) is 39.0 Å². The number of carbonyl (C=O) groups excluding carboxylic acids is 2. The Morgan fingerprint density at radius 2 is 1.92 bits per heavy atom. The van der Waals surface area contributed by atoms with E-state index in [1.807, 2.05) is 34.1 Å². The molecule has 0 N–H and O–H groups in total. The number of ether oxygens (including phenoxy) is 2. The summed E-state index contributed by atoms with van der Waals surface area (Å²) < 4.78 is 11.3. The van der Waals surface area contributed by atoms with Gasteiger partial charge in [-0.05, 0) is 25.0 Å². The third-order valence-corrected chi connectivity index (χ3v) is 4.85. The van der Waals surface area contributed by atoms with Gasteiger partial charge in [0.2, 0.25) is 5.91 Å². The van der Waals surface area contributed by atoms with Crippen LogP contribution >= 0.6 is 0 Å². The standard InChI is InChI=1S/C19H26N2O4/c1-15(22)21-8-4-5-16(13-21)14-25-18-7-3-2-6-17(18)19(23)20-9-11-24-12-10-20/h2-3,6-7,16H,4-5,8-14H2,1H3. The molecule has 1 aromatic rings. The number of benzene rings is 1. The molecular weight excluding hydrogens is 320 g/mol. The Morgan fingerprint density at radius 3 is 2.68 bits per heavy atom. The first kappa shape index (κ1) is 17.7. The number of amides is 2. The Balaban J connectivity index is 1.63. The summed E-state index contributed by atoms with van der Waals surface area (Å²) in [6, 6.07) is 7.40. The minimum Gasteiger partial charge on any atom is -0.492 e. The van der Waals surface area contributed by atoms with E-state index in [1.54, 1.807) is 6.92 Å². The first-order chi connectivity index (χ1) is 12.1. The quantitative estimate of drug-likeness (QED) is 0.834. The third-order valence-electron chi connectivity index (χ3n) is 4.85. The van der Waals surface area contributed by atoms with Crippen molar-refractivity contribution in [2.45, 2.75) is 19.8 Å². The van der Waals surface area contributed by atoms with Gasteiger partial charge in [-0.15, -0.1) is 0 Å². The molecule has 136 valence electrons. The molecule has 1 aromatic carbocycles. The van der Waals surface area contributed by atoms with Crippen LogP contribution in [0.1, 0.15) is 30.1 Å². The molecule has 2 aliphatic rings. The van der Waals surface area contributed by atoms with Gasteiger partial charge in [-0.3, -0.25) is 9.59 Å². The first-order valence-electron chi connectivity index (χ1n) is 8.99. The molecular formula is C19H26N2O4. The highest BCUT2D eigenvalue weighted by molar-refractivity contribution is 5.97. The van der Waals surface area contributed by atoms with Crippen LogP contribution in [0.15, 0.2) is 24.3 Å². The number of piperidine rings is 1. The highest BCUT2D eigenvalue weighted by atomic mass is 16.5. The lowest BCUT2D eigenvalue weighted by molar-refractivity contribution is -0.130. The van der Waals surface area contributed by atoms with Crippen LogP contribution in [0.2, 0.25) is 0 Å². The highest BCUT2D eigenvalue weighted by Crippen LogP contribution is 2.23. The molecule has 2 saturated heterocycles. The maximum Gasteiger partial charge on any atom is 0.257 e. The lowest BCUT2D eigenvalue weighted by Crippen LogP contribution is -2.41. The van der Waals surface area contributed by atoms with E-state index in [4.69, 9.17) is 9.47 Å². The van der Waals surface area contributed by atoms with Crippen molar-refractivity contribution in [2.24, 2.45) is 5.92 Å². The maximum absolute atomic E-state index is 12.8. The Bertz CT molecular complexity index is 613. The molecule has 2 aliphatic heterocycles. The fourth-order valence-electron chi connectivity index (χ4n) is 3.40. The van der Waals surface area contributed by atoms with Gasteiger partial charge in [0.25, 0.3) is 5.91 Å². The number of nitrogens with zero attached hydrogens (tertiary/aromatic N) is 2. The second kappa shape index (κ2) is 8.34. The summed E-state index contributed by atoms with van der Waals surface area (Å²) in [5, 5.41) is 0. The van der Waals surface area contributed by atoms with Crippen molar-refractivity contribution in [2.75, 3.05) is 46.0 Å². The van der Waals surface area contributed by atoms with Crippen LogP contribution in [0.5, 0.6) is 5.75 Å². The van der Waals surface area contributed by atoms with Crippen molar-refractivity contribution >= 4 is 11.8 Å². The first-order valence-corrected chi connectivity index (χ1v) is 8.99. The SMILES string of the molecule is CC(=O)N1CCCC(COc2ccccc2C(=O)N2CCOCC2)C1. The minimum absolute atomic E-state index is 0.00657. The number of likely N-dealkylation sites (tertiary alicyclic amines) is 1. The van der Waals surface area contributed by atoms with E-state index in [2.05, 4.69) is 0 Å². The summed E-state index contributed by atoms with van der Waals surface area (Å²) >= 11 is 0. The number of hydrogen-bond donors (Lipinski definition) is 0. The molecule has 25 heavy (non-hydrogen) atoms. The third kappa shape index (κ3) is 4.51. The average Bonchev–Trinajstić information content (AvgIpc) is 2.67. The van der Waals surface area contributed by atoms with E-state index in [0.29, 0.717) is 50.1 Å². The van der Waals surface area contributed by atoms with E-state index >= 15 is 0 Å². The van der Waals surface area contributed by atoms with Crippen LogP contribution in [0, 0.1) is 5.92 Å². The molecule has 1 atom stereocenters. The summed E-state index contributed by atoms with van der Waals surface area (Å²) in [4.78, 5) is 28.0. The number of carbonyl (C=O) groups is 2. The number of rotatable bonds is 4. The summed E-state index contributed by atoms with van der Waals surface area (Å²) in [6.07, 6.45) is 2.05. The van der Waals surface area contributed by atoms with Crippen molar-refractivity contribution in [3.63, 3.8) is 0 Å². The van der Waals surface area contributed by atoms with E-state index in [1.165, 1.54) is 0 Å². The molecule has 0 saturated carbocycles. The normalized spacial score (nSPS) is 21.1. The molecule has 6 nitrogen and oxygen atoms in total. The second-order valence-electron chi connectivity index (χ2n) is 6.69. The van der Waals surface area contributed by atoms with Gasteiger partial charge in [0.05, 0.1) is 25.4 Å². The van der Waals surface area contributed by atoms with E-state index in [0.717, 1.165) is 25.9 Å². The molecule has 0 spiro atoms. The lowest BCUT2D eigenvalue weighted by atomic mass is 9.99. The predicted octanol–water partition coefficient (Wildman–Crippen LogP) is 1.80. The zero-order chi connectivity index (χ0) is 17.6. The zero-order valence-electron chi connectivity index (χ0n) is 14.8. The maximum atomic E-state index is 12.8. The van der Waals surface area contributed by atoms with E-state index < -0.39 is 0 Å². The Labute approximate surface area is 148 Å². The Hall–Kier alpha value is -2.08. The van der Waals surface area contributed by atoms with Gasteiger partial charge in [-0.1, -0.05) is 12.1 Å². The molecule has 0 radical (unpaired) electrons. The van der Waals surface area contributed by atoms with Crippen LogP contribution in [0.4, 0.5) is 0 Å². The molecule has 1 unspecified atom stereocenters. The molecule has 3 rings (SSSR count). The van der Waals surface area contributed by atoms with Gasteiger partial charge in [-0.25, -0.2) is 0 Å². The zero-order valence-corrected chi connectivity index (χ0v) is 14.8. The summed E-state index contributed by atoms with van der Waals surface area (Å²) in [5.41, 5.74) is 0.601. The van der Waals surface area contributed by atoms with E-state index in [-0.39, 0.29) is 11.8 Å². The van der Waals surface area contributed by atoms with Crippen LogP contribution in [-0.4, -0.2) is 67.6 Å². The fraction of sp³-hybridized carbons (Fsp3) is 0.579. The van der Waals surface area contributed by atoms with Crippen molar-refractivity contribution < 1.29 is 19.1 Å². The summed E-state index contributed by atoms with van der Waals surface area (Å²) in [6.45, 7) is 6.09. The summed E-state index contributed by atoms with van der Waals surface area (Å²) in [7, 11) is 0. The van der Waals surface area contributed by atoms with Crippen molar-refractivity contribution in [1.82, 2.24) is 9.80 Å². The topological polar surface area (TPSA) is 59.1 Å². The fourth-order valence-corrected chi connectivity index (χ4v) is 3.40. The smallest absolute Gasteiger partial charge is 0.257 e. The van der Waals surface area contributed by atoms with Gasteiger partial charge < -0.3 is 19.3 Å². The molecule has 6 heteroatoms. The number of hydrogen-bond acceptors (Lipinski definition) is 4. The van der Waals surface area contributed by atoms with Crippen LogP contribution in [0.25, 0.3) is 0 Å². The van der Waals surface area contributed by atoms with Crippen LogP contribution in [0.3, 0.4) is 0 Å². The largest absolute Gasteiger partial charge is 0.492 e. The Morgan fingerprint density at radius 1 is 1.16 bits per heavy atom. The van der Waals surface area contributed by atoms with Crippen LogP contribution < -0.4 is 4.74 Å². The molecule has 2 amide bonds. The molecule has 2 heterocycles. The van der Waals surface area contributed by atoms with Gasteiger partial charge >= 0.3 is 0 Å². The van der Waals surface area contributed by atoms with Gasteiger partial charge in [0.1, 0.15) is 5.75 Å². The van der Waals surface area contributed by atoms with Crippen molar-refractivity contribution in [1.29, 1.82) is 0 Å². The summed E-state index contributed by atoms with van der Waals surface area (Å²) in [5.74, 6) is 1.05. The minimum atomic E-state index is -0.00657. The van der Waals surface area contributed by atoms with Crippen molar-refractivity contribution in [3.05, 3.63) is 29.8 Å².